The Balaban J connectivity index is 4.35. The highest BCUT2D eigenvalue weighted by Crippen LogP contribution is 2.16. The number of carbonyl (C=O) groups excluding carboxylic acids is 3. The van der Waals surface area contributed by atoms with Crippen LogP contribution in [0.2, 0.25) is 0 Å². The van der Waals surface area contributed by atoms with Crippen LogP contribution in [0.15, 0.2) is 36.5 Å². The lowest BCUT2D eigenvalue weighted by molar-refractivity contribution is -0.167. The van der Waals surface area contributed by atoms with Crippen molar-refractivity contribution in [3.8, 4) is 0 Å². The van der Waals surface area contributed by atoms with Gasteiger partial charge in [-0.1, -0.05) is 237 Å². The second-order valence-electron chi connectivity index (χ2n) is 19.9. The van der Waals surface area contributed by atoms with Crippen LogP contribution in [-0.4, -0.2) is 37.2 Å². The van der Waals surface area contributed by atoms with Gasteiger partial charge in [0.05, 0.1) is 0 Å². The zero-order valence-electron chi connectivity index (χ0n) is 44.9. The van der Waals surface area contributed by atoms with E-state index in [1.54, 1.807) is 0 Å². The highest BCUT2D eigenvalue weighted by Gasteiger charge is 2.19. The summed E-state index contributed by atoms with van der Waals surface area (Å²) in [6.45, 7) is 6.65. The van der Waals surface area contributed by atoms with Crippen molar-refractivity contribution < 1.29 is 28.6 Å². The van der Waals surface area contributed by atoms with Gasteiger partial charge in [0, 0.05) is 19.3 Å². The van der Waals surface area contributed by atoms with E-state index in [9.17, 15) is 14.4 Å². The molecule has 0 radical (unpaired) electrons. The molecule has 6 nitrogen and oxygen atoms in total. The Morgan fingerprint density at radius 2 is 0.493 bits per heavy atom. The second-order valence-corrected chi connectivity index (χ2v) is 19.9. The van der Waals surface area contributed by atoms with E-state index in [1.807, 2.05) is 0 Å². The number of esters is 3. The standard InChI is InChI=1S/C61H112O6/c1-4-7-10-13-16-19-22-25-28-29-30-31-34-36-39-42-45-48-51-54-60(63)66-57-58(67-61(64)55-52-49-46-43-40-37-33-27-24-21-18-15-12-9-6-3)56-65-59(62)53-50-47-44-41-38-35-32-26-23-20-17-14-11-8-5-2/h25-28,32-33,58H,4-24,29-31,34-57H2,1-3H3/b28-25-,32-26-,33-27-/t58-/m1/s1. The fourth-order valence-electron chi connectivity index (χ4n) is 8.60. The Morgan fingerprint density at radius 3 is 0.746 bits per heavy atom. The molecular formula is C61H112O6. The van der Waals surface area contributed by atoms with Crippen LogP contribution < -0.4 is 0 Å². The van der Waals surface area contributed by atoms with Crippen molar-refractivity contribution in [2.45, 2.75) is 322 Å². The SMILES string of the molecule is CCCCCCCC/C=C\CCCCCCCCCCCC(=O)OC[C@@H](COC(=O)CCCCCCC/C=C\CCCCCCCC)OC(=O)CCCCCCC/C=C\CCCCCCCC. The third kappa shape index (κ3) is 54.4. The van der Waals surface area contributed by atoms with Crippen molar-refractivity contribution in [1.29, 1.82) is 0 Å². The van der Waals surface area contributed by atoms with Crippen molar-refractivity contribution in [3.05, 3.63) is 36.5 Å². The van der Waals surface area contributed by atoms with Crippen molar-refractivity contribution in [2.24, 2.45) is 0 Å². The van der Waals surface area contributed by atoms with E-state index in [4.69, 9.17) is 14.2 Å². The predicted molar refractivity (Wildman–Crippen MR) is 289 cm³/mol. The highest BCUT2D eigenvalue weighted by molar-refractivity contribution is 5.71. The van der Waals surface area contributed by atoms with Crippen molar-refractivity contribution in [3.63, 3.8) is 0 Å². The minimum absolute atomic E-state index is 0.0768. The molecular weight excluding hydrogens is 829 g/mol. The summed E-state index contributed by atoms with van der Waals surface area (Å²) in [5.74, 6) is -0.880. The molecule has 0 amide bonds. The van der Waals surface area contributed by atoms with E-state index in [1.165, 1.54) is 205 Å². The first-order valence-corrected chi connectivity index (χ1v) is 29.5. The Bertz CT molecular complexity index is 1130. The van der Waals surface area contributed by atoms with Gasteiger partial charge in [-0.3, -0.25) is 14.4 Å². The highest BCUT2D eigenvalue weighted by atomic mass is 16.6. The quantitative estimate of drug-likeness (QED) is 0.0262. The molecule has 0 heterocycles. The van der Waals surface area contributed by atoms with Crippen molar-refractivity contribution >= 4 is 17.9 Å². The van der Waals surface area contributed by atoms with Gasteiger partial charge in [-0.15, -0.1) is 0 Å². The first-order valence-electron chi connectivity index (χ1n) is 29.5. The molecule has 0 aromatic heterocycles. The van der Waals surface area contributed by atoms with Crippen LogP contribution in [0.25, 0.3) is 0 Å². The Hall–Kier alpha value is -2.37. The van der Waals surface area contributed by atoms with Crippen LogP contribution in [0.5, 0.6) is 0 Å². The first-order chi connectivity index (χ1) is 33.0. The molecule has 1 atom stereocenters. The number of hydrogen-bond donors (Lipinski definition) is 0. The number of carbonyl (C=O) groups is 3. The Morgan fingerprint density at radius 1 is 0.284 bits per heavy atom. The molecule has 0 aliphatic heterocycles. The smallest absolute Gasteiger partial charge is 0.306 e. The molecule has 0 aliphatic rings. The summed E-state index contributed by atoms with van der Waals surface area (Å²) >= 11 is 0. The van der Waals surface area contributed by atoms with E-state index in [0.717, 1.165) is 70.6 Å². The van der Waals surface area contributed by atoms with Crippen LogP contribution >= 0.6 is 0 Å². The van der Waals surface area contributed by atoms with E-state index >= 15 is 0 Å². The van der Waals surface area contributed by atoms with Gasteiger partial charge < -0.3 is 14.2 Å². The zero-order valence-corrected chi connectivity index (χ0v) is 44.9. The third-order valence-electron chi connectivity index (χ3n) is 13.1. The third-order valence-corrected chi connectivity index (χ3v) is 13.1. The molecule has 0 aromatic rings. The maximum absolute atomic E-state index is 12.8. The lowest BCUT2D eigenvalue weighted by atomic mass is 10.1. The summed E-state index contributed by atoms with van der Waals surface area (Å²) < 4.78 is 16.9. The van der Waals surface area contributed by atoms with Gasteiger partial charge in [0.2, 0.25) is 0 Å². The zero-order chi connectivity index (χ0) is 48.6. The maximum atomic E-state index is 12.8. The van der Waals surface area contributed by atoms with Gasteiger partial charge in [0.15, 0.2) is 6.10 Å². The molecule has 0 saturated carbocycles. The van der Waals surface area contributed by atoms with Crippen LogP contribution in [0.1, 0.15) is 316 Å². The van der Waals surface area contributed by atoms with Gasteiger partial charge in [-0.2, -0.15) is 0 Å². The fourth-order valence-corrected chi connectivity index (χ4v) is 8.60. The number of ether oxygens (including phenoxy) is 3. The molecule has 0 saturated heterocycles. The normalized spacial score (nSPS) is 12.2. The topological polar surface area (TPSA) is 78.9 Å². The summed E-state index contributed by atoms with van der Waals surface area (Å²) in [5, 5.41) is 0. The van der Waals surface area contributed by atoms with Crippen molar-refractivity contribution in [2.75, 3.05) is 13.2 Å². The van der Waals surface area contributed by atoms with E-state index in [-0.39, 0.29) is 31.1 Å². The minimum atomic E-state index is -0.779. The first kappa shape index (κ1) is 64.6. The molecule has 0 aliphatic carbocycles. The molecule has 0 bridgehead atoms. The van der Waals surface area contributed by atoms with Crippen LogP contribution in [0.4, 0.5) is 0 Å². The number of unbranched alkanes of at least 4 members (excludes halogenated alkanes) is 37. The largest absolute Gasteiger partial charge is 0.462 e. The summed E-state index contributed by atoms with van der Waals surface area (Å²) in [6.07, 6.45) is 67.0. The van der Waals surface area contributed by atoms with Crippen LogP contribution in [-0.2, 0) is 28.6 Å². The number of hydrogen-bond acceptors (Lipinski definition) is 6. The predicted octanol–water partition coefficient (Wildman–Crippen LogP) is 19.7. The van der Waals surface area contributed by atoms with Crippen LogP contribution in [0, 0.1) is 0 Å². The van der Waals surface area contributed by atoms with Gasteiger partial charge in [0.25, 0.3) is 0 Å². The van der Waals surface area contributed by atoms with E-state index in [0.29, 0.717) is 19.3 Å². The second kappa shape index (κ2) is 56.2. The molecule has 0 unspecified atom stereocenters. The van der Waals surface area contributed by atoms with Gasteiger partial charge >= 0.3 is 17.9 Å². The molecule has 0 fully saturated rings. The summed E-state index contributed by atoms with van der Waals surface area (Å²) in [7, 11) is 0. The number of rotatable bonds is 54. The van der Waals surface area contributed by atoms with E-state index in [2.05, 4.69) is 57.2 Å². The lowest BCUT2D eigenvalue weighted by Crippen LogP contribution is -2.30. The summed E-state index contributed by atoms with van der Waals surface area (Å²) in [5.41, 5.74) is 0. The molecule has 0 spiro atoms. The van der Waals surface area contributed by atoms with Crippen LogP contribution in [0.3, 0.4) is 0 Å². The van der Waals surface area contributed by atoms with Gasteiger partial charge in [-0.05, 0) is 96.3 Å². The summed E-state index contributed by atoms with van der Waals surface area (Å²) in [6, 6.07) is 0. The minimum Gasteiger partial charge on any atom is -0.462 e. The fraction of sp³-hybridized carbons (Fsp3) is 0.852. The average Bonchev–Trinajstić information content (AvgIpc) is 3.33. The molecule has 0 aromatic carbocycles. The summed E-state index contributed by atoms with van der Waals surface area (Å²) in [4.78, 5) is 38.2. The maximum Gasteiger partial charge on any atom is 0.306 e. The van der Waals surface area contributed by atoms with Crippen molar-refractivity contribution in [1.82, 2.24) is 0 Å². The molecule has 67 heavy (non-hydrogen) atoms. The lowest BCUT2D eigenvalue weighted by Gasteiger charge is -2.18. The van der Waals surface area contributed by atoms with E-state index < -0.39 is 6.10 Å². The molecule has 392 valence electrons. The monoisotopic (exact) mass is 941 g/mol. The molecule has 0 rings (SSSR count). The molecule has 6 heteroatoms. The average molecular weight is 942 g/mol. The molecule has 0 N–H and O–H groups in total. The Labute approximate surface area is 416 Å². The Kier molecular flexibility index (Phi) is 54.2. The van der Waals surface area contributed by atoms with Gasteiger partial charge in [0.1, 0.15) is 13.2 Å². The van der Waals surface area contributed by atoms with Gasteiger partial charge in [-0.25, -0.2) is 0 Å². The number of allylic oxidation sites excluding steroid dienone is 6.